The molecule has 0 aliphatic carbocycles. The molecule has 0 radical (unpaired) electrons. The van der Waals surface area contributed by atoms with E-state index in [1.54, 1.807) is 18.2 Å². The van der Waals surface area contributed by atoms with Gasteiger partial charge in [0.1, 0.15) is 0 Å². The van der Waals surface area contributed by atoms with Crippen LogP contribution in [0.4, 0.5) is 57.1 Å². The average Bonchev–Trinajstić information content (AvgIpc) is 2.87. The van der Waals surface area contributed by atoms with E-state index in [0.29, 0.717) is 17.4 Å². The van der Waals surface area contributed by atoms with Crippen LogP contribution in [-0.2, 0) is 10.5 Å². The zero-order valence-corrected chi connectivity index (χ0v) is 19.7. The summed E-state index contributed by atoms with van der Waals surface area (Å²) in [5.74, 6) is -37.4. The van der Waals surface area contributed by atoms with E-state index in [2.05, 4.69) is 0 Å². The number of halogens is 13. The summed E-state index contributed by atoms with van der Waals surface area (Å²) in [5, 5.41) is 0.491. The second-order valence-electron chi connectivity index (χ2n) is 8.09. The summed E-state index contributed by atoms with van der Waals surface area (Å²) in [5.41, 5.74) is -2.05. The van der Waals surface area contributed by atoms with Gasteiger partial charge in [-0.05, 0) is 29.8 Å². The lowest BCUT2D eigenvalue weighted by atomic mass is 9.90. The standard InChI is InChI=1S/C24H13F13OP/c25-19(26,20(27,28)21(29,30)22(31,32)23(33,34)24(35,36)37)15-12-10-14(11-13-15)17-8-4-5-9-18(17)39(38)16-6-2-1-3-7-16/h1-13H/q+1. The van der Waals surface area contributed by atoms with Crippen molar-refractivity contribution in [3.8, 4) is 11.1 Å². The van der Waals surface area contributed by atoms with Gasteiger partial charge in [-0.15, -0.1) is 0 Å². The zero-order chi connectivity index (χ0) is 29.7. The van der Waals surface area contributed by atoms with Gasteiger partial charge in [0.2, 0.25) is 5.30 Å². The monoisotopic (exact) mass is 595 g/mol. The largest absolute Gasteiger partial charge is 0.460 e. The van der Waals surface area contributed by atoms with Gasteiger partial charge < -0.3 is 0 Å². The maximum Gasteiger partial charge on any atom is 0.460 e. The first-order chi connectivity index (χ1) is 17.7. The minimum Gasteiger partial charge on any atom is -0.194 e. The molecule has 210 valence electrons. The van der Waals surface area contributed by atoms with Crippen molar-refractivity contribution in [2.45, 2.75) is 35.8 Å². The van der Waals surface area contributed by atoms with Crippen molar-refractivity contribution in [3.63, 3.8) is 0 Å². The molecule has 0 heterocycles. The van der Waals surface area contributed by atoms with Crippen LogP contribution in [0.1, 0.15) is 5.56 Å². The highest BCUT2D eigenvalue weighted by Gasteiger charge is 2.90. The van der Waals surface area contributed by atoms with Crippen LogP contribution in [0.5, 0.6) is 0 Å². The van der Waals surface area contributed by atoms with Crippen molar-refractivity contribution < 1.29 is 61.6 Å². The molecule has 0 aromatic heterocycles. The highest BCUT2D eigenvalue weighted by Crippen LogP contribution is 2.62. The van der Waals surface area contributed by atoms with E-state index in [4.69, 9.17) is 0 Å². The molecule has 0 aliphatic heterocycles. The average molecular weight is 595 g/mol. The highest BCUT2D eigenvalue weighted by atomic mass is 31.1. The Kier molecular flexibility index (Phi) is 7.63. The molecule has 0 saturated heterocycles. The first-order valence-corrected chi connectivity index (χ1v) is 11.7. The molecule has 3 aromatic rings. The summed E-state index contributed by atoms with van der Waals surface area (Å²) < 4.78 is 188. The molecular formula is C24H13F13OP+. The van der Waals surface area contributed by atoms with E-state index in [1.807, 2.05) is 0 Å². The SMILES string of the molecule is O=[P+](c1ccccc1)c1ccccc1-c1ccc(C(F)(F)C(F)(F)C(F)(F)C(F)(F)C(F)(F)C(F)(F)F)cc1. The summed E-state index contributed by atoms with van der Waals surface area (Å²) >= 11 is 0. The highest BCUT2D eigenvalue weighted by molar-refractivity contribution is 7.61. The van der Waals surface area contributed by atoms with E-state index in [9.17, 15) is 61.6 Å². The van der Waals surface area contributed by atoms with Crippen molar-refractivity contribution in [3.05, 3.63) is 84.4 Å². The third-order valence-electron chi connectivity index (χ3n) is 5.61. The lowest BCUT2D eigenvalue weighted by Gasteiger charge is -2.39. The molecule has 3 aromatic carbocycles. The molecule has 0 spiro atoms. The van der Waals surface area contributed by atoms with Crippen LogP contribution in [-0.4, -0.2) is 29.9 Å². The van der Waals surface area contributed by atoms with Crippen LogP contribution in [0.15, 0.2) is 78.9 Å². The maximum atomic E-state index is 14.5. The number of alkyl halides is 13. The molecule has 39 heavy (non-hydrogen) atoms. The van der Waals surface area contributed by atoms with E-state index in [0.717, 1.165) is 0 Å². The van der Waals surface area contributed by atoms with Gasteiger partial charge in [0.15, 0.2) is 5.30 Å². The minimum absolute atomic E-state index is 0.0751. The van der Waals surface area contributed by atoms with Crippen molar-refractivity contribution >= 4 is 18.4 Å². The Bertz CT molecular complexity index is 1330. The second kappa shape index (κ2) is 9.79. The topological polar surface area (TPSA) is 17.1 Å². The van der Waals surface area contributed by atoms with E-state index >= 15 is 0 Å². The van der Waals surface area contributed by atoms with E-state index in [1.165, 1.54) is 36.4 Å². The smallest absolute Gasteiger partial charge is 0.194 e. The van der Waals surface area contributed by atoms with E-state index in [-0.39, 0.29) is 28.6 Å². The molecule has 0 aliphatic rings. The summed E-state index contributed by atoms with van der Waals surface area (Å²) in [6.45, 7) is 0. The fourth-order valence-electron chi connectivity index (χ4n) is 3.41. The molecule has 0 fully saturated rings. The predicted molar refractivity (Wildman–Crippen MR) is 115 cm³/mol. The Balaban J connectivity index is 2.02. The molecule has 0 amide bonds. The third kappa shape index (κ3) is 4.76. The van der Waals surface area contributed by atoms with Crippen LogP contribution in [0.2, 0.25) is 0 Å². The first kappa shape index (κ1) is 30.4. The molecule has 0 bridgehead atoms. The van der Waals surface area contributed by atoms with Crippen LogP contribution in [0, 0.1) is 0 Å². The fourth-order valence-corrected chi connectivity index (χ4v) is 4.77. The Hall–Kier alpha value is -3.15. The number of rotatable bonds is 8. The molecule has 3 rings (SSSR count). The molecular weight excluding hydrogens is 582 g/mol. The first-order valence-electron chi connectivity index (χ1n) is 10.4. The number of benzene rings is 3. The molecule has 1 nitrogen and oxygen atoms in total. The van der Waals surface area contributed by atoms with Crippen LogP contribution in [0.25, 0.3) is 11.1 Å². The molecule has 0 N–H and O–H groups in total. The summed E-state index contributed by atoms with van der Waals surface area (Å²) in [6, 6.07) is 14.9. The van der Waals surface area contributed by atoms with Crippen LogP contribution < -0.4 is 10.6 Å². The quantitative estimate of drug-likeness (QED) is 0.189. The van der Waals surface area contributed by atoms with Crippen molar-refractivity contribution in [1.82, 2.24) is 0 Å². The lowest BCUT2D eigenvalue weighted by molar-refractivity contribution is -0.441. The van der Waals surface area contributed by atoms with Gasteiger partial charge >= 0.3 is 43.6 Å². The van der Waals surface area contributed by atoms with Gasteiger partial charge in [0, 0.05) is 11.1 Å². The van der Waals surface area contributed by atoms with Crippen molar-refractivity contribution in [2.75, 3.05) is 0 Å². The van der Waals surface area contributed by atoms with Gasteiger partial charge in [-0.2, -0.15) is 57.1 Å². The van der Waals surface area contributed by atoms with Crippen LogP contribution in [0.3, 0.4) is 0 Å². The zero-order valence-electron chi connectivity index (χ0n) is 18.8. The Labute approximate surface area is 212 Å². The molecule has 0 saturated carbocycles. The van der Waals surface area contributed by atoms with Crippen molar-refractivity contribution in [1.29, 1.82) is 0 Å². The van der Waals surface area contributed by atoms with Gasteiger partial charge in [0.25, 0.3) is 0 Å². The fraction of sp³-hybridized carbons (Fsp3) is 0.250. The third-order valence-corrected chi connectivity index (χ3v) is 7.20. The Morgan fingerprint density at radius 1 is 0.487 bits per heavy atom. The minimum atomic E-state index is -7.97. The van der Waals surface area contributed by atoms with Gasteiger partial charge in [-0.25, -0.2) is 0 Å². The van der Waals surface area contributed by atoms with Gasteiger partial charge in [-0.3, -0.25) is 0 Å². The second-order valence-corrected chi connectivity index (χ2v) is 9.68. The van der Waals surface area contributed by atoms with Crippen LogP contribution >= 0.6 is 7.80 Å². The normalized spacial score (nSPS) is 14.3. The summed E-state index contributed by atoms with van der Waals surface area (Å²) in [7, 11) is -2.28. The summed E-state index contributed by atoms with van der Waals surface area (Å²) in [6.07, 6.45) is -7.47. The van der Waals surface area contributed by atoms with Crippen molar-refractivity contribution in [2.24, 2.45) is 0 Å². The number of hydrogen-bond donors (Lipinski definition) is 0. The number of hydrogen-bond acceptors (Lipinski definition) is 1. The Morgan fingerprint density at radius 2 is 0.949 bits per heavy atom. The Morgan fingerprint density at radius 3 is 1.46 bits per heavy atom. The predicted octanol–water partition coefficient (Wildman–Crippen LogP) is 8.33. The lowest BCUT2D eigenvalue weighted by Crippen LogP contribution is -2.69. The molecule has 1 atom stereocenters. The molecule has 15 heteroatoms. The van der Waals surface area contributed by atoms with E-state index < -0.39 is 49.2 Å². The van der Waals surface area contributed by atoms with Gasteiger partial charge in [0.05, 0.1) is 0 Å². The maximum absolute atomic E-state index is 14.5. The van der Waals surface area contributed by atoms with Gasteiger partial charge in [-0.1, -0.05) is 59.2 Å². The summed E-state index contributed by atoms with van der Waals surface area (Å²) in [4.78, 5) is 0. The molecule has 1 unspecified atom stereocenters.